The number of nitrogens with two attached hydrogens (primary N) is 1. The van der Waals surface area contributed by atoms with Crippen molar-refractivity contribution in [1.29, 1.82) is 0 Å². The van der Waals surface area contributed by atoms with Crippen LogP contribution in [0.25, 0.3) is 21.5 Å². The molecule has 0 spiro atoms. The number of hydrogen-bond acceptors (Lipinski definition) is 12. The van der Waals surface area contributed by atoms with E-state index in [1.165, 1.54) is 17.6 Å². The van der Waals surface area contributed by atoms with Crippen LogP contribution in [-0.4, -0.2) is 54.4 Å². The zero-order valence-corrected chi connectivity index (χ0v) is 22.5. The molecule has 4 aromatic heterocycles. The summed E-state index contributed by atoms with van der Waals surface area (Å²) < 4.78 is 17.4. The summed E-state index contributed by atoms with van der Waals surface area (Å²) in [5.74, 6) is 1.13. The molecule has 12 nitrogen and oxygen atoms in total. The smallest absolute Gasteiger partial charge is 0.255 e. The van der Waals surface area contributed by atoms with E-state index >= 15 is 0 Å². The number of anilines is 4. The minimum Gasteiger partial charge on any atom is -0.459 e. The largest absolute Gasteiger partial charge is 0.459 e. The van der Waals surface area contributed by atoms with E-state index < -0.39 is 0 Å². The third kappa shape index (κ3) is 4.59. The second-order valence-electron chi connectivity index (χ2n) is 10.3. The molecule has 4 aromatic rings. The van der Waals surface area contributed by atoms with E-state index in [1.807, 2.05) is 6.07 Å². The van der Waals surface area contributed by atoms with E-state index in [-0.39, 0.29) is 29.0 Å². The first-order valence-electron chi connectivity index (χ1n) is 13.5. The molecule has 1 amide bonds. The van der Waals surface area contributed by atoms with Gasteiger partial charge in [0, 0.05) is 43.9 Å². The lowest BCUT2D eigenvalue weighted by atomic mass is 9.91. The quantitative estimate of drug-likeness (QED) is 0.272. The zero-order chi connectivity index (χ0) is 27.2. The number of nitrogens with one attached hydrogen (secondary N) is 3. The Hall–Kier alpha value is -3.94. The number of morpholine rings is 1. The number of fused-ring (bicyclic) bond motifs is 2. The number of pyridine rings is 1. The molecule has 5 N–H and O–H groups in total. The number of rotatable bonds is 6. The van der Waals surface area contributed by atoms with E-state index in [0.29, 0.717) is 58.8 Å². The first-order chi connectivity index (χ1) is 19.5. The van der Waals surface area contributed by atoms with E-state index in [1.54, 1.807) is 12.1 Å². The standard InChI is InChI=1S/C27H29N7O5S/c28-16-3-1-2-4-17(16)30-20-9-14-12-29-27(36)23(14)26(31-20)32-21-10-18(33-39-21)15-13-38-24-19(35)11-22(40-25(15)24)34-5-7-37-8-6-34/h9-11,13,16-17H,1-8,12,28H2,(H,29,36)(H2,30,31,32)/t16-,17+/m1/s1. The molecule has 7 rings (SSSR count). The second-order valence-corrected chi connectivity index (χ2v) is 11.4. The molecular weight excluding hydrogens is 534 g/mol. The van der Waals surface area contributed by atoms with Crippen LogP contribution in [0.15, 0.2) is 38.2 Å². The number of furan rings is 1. The molecule has 2 aliphatic heterocycles. The molecule has 2 fully saturated rings. The summed E-state index contributed by atoms with van der Waals surface area (Å²) in [6.07, 6.45) is 5.72. The Labute approximate surface area is 232 Å². The molecular formula is C27H29N7O5S. The van der Waals surface area contributed by atoms with Crippen molar-refractivity contribution < 1.29 is 18.5 Å². The van der Waals surface area contributed by atoms with Gasteiger partial charge in [-0.2, -0.15) is 0 Å². The lowest BCUT2D eigenvalue weighted by molar-refractivity contribution is 0.0966. The van der Waals surface area contributed by atoms with E-state index in [2.05, 4.69) is 26.0 Å². The minimum atomic E-state index is -0.202. The summed E-state index contributed by atoms with van der Waals surface area (Å²) in [5.41, 5.74) is 8.91. The van der Waals surface area contributed by atoms with Gasteiger partial charge in [0.1, 0.15) is 23.6 Å². The monoisotopic (exact) mass is 563 g/mol. The van der Waals surface area contributed by atoms with Crippen molar-refractivity contribution in [3.63, 3.8) is 0 Å². The van der Waals surface area contributed by atoms with Gasteiger partial charge in [0.15, 0.2) is 5.58 Å². The summed E-state index contributed by atoms with van der Waals surface area (Å²) in [6.45, 7) is 3.10. The van der Waals surface area contributed by atoms with Gasteiger partial charge in [-0.05, 0) is 24.5 Å². The van der Waals surface area contributed by atoms with Crippen LogP contribution in [-0.2, 0) is 11.3 Å². The summed E-state index contributed by atoms with van der Waals surface area (Å²) in [4.78, 5) is 32.3. The highest BCUT2D eigenvalue weighted by atomic mass is 32.1. The third-order valence-corrected chi connectivity index (χ3v) is 8.90. The van der Waals surface area contributed by atoms with E-state index in [0.717, 1.165) is 49.3 Å². The van der Waals surface area contributed by atoms with Gasteiger partial charge in [-0.25, -0.2) is 4.98 Å². The molecule has 0 aromatic carbocycles. The van der Waals surface area contributed by atoms with Gasteiger partial charge in [0.25, 0.3) is 5.91 Å². The highest BCUT2D eigenvalue weighted by Crippen LogP contribution is 2.37. The number of carbonyl (C=O) groups excluding carboxylic acids is 1. The summed E-state index contributed by atoms with van der Waals surface area (Å²) >= 11 is 1.47. The zero-order valence-electron chi connectivity index (χ0n) is 21.7. The SMILES string of the molecule is N[C@@H]1CCCC[C@@H]1Nc1cc2c(c(Nc3cc(-c4coc5c(=O)cc(N6CCOCC6)sc45)no3)n1)C(=O)NC2. The van der Waals surface area contributed by atoms with Gasteiger partial charge < -0.3 is 40.3 Å². The van der Waals surface area contributed by atoms with Crippen LogP contribution in [0.3, 0.4) is 0 Å². The Morgan fingerprint density at radius 3 is 2.83 bits per heavy atom. The lowest BCUT2D eigenvalue weighted by Gasteiger charge is -2.30. The van der Waals surface area contributed by atoms with Gasteiger partial charge in [-0.1, -0.05) is 18.0 Å². The molecule has 13 heteroatoms. The predicted molar refractivity (Wildman–Crippen MR) is 151 cm³/mol. The maximum atomic E-state index is 12.8. The van der Waals surface area contributed by atoms with Crippen LogP contribution in [0.2, 0.25) is 0 Å². The highest BCUT2D eigenvalue weighted by molar-refractivity contribution is 7.22. The Kier molecular flexibility index (Phi) is 6.41. The normalized spacial score (nSPS) is 20.9. The van der Waals surface area contributed by atoms with Crippen molar-refractivity contribution in [2.75, 3.05) is 41.8 Å². The molecule has 0 radical (unpaired) electrons. The molecule has 208 valence electrons. The van der Waals surface area contributed by atoms with Crippen LogP contribution in [0, 0.1) is 0 Å². The number of ether oxygens (including phenoxy) is 1. The minimum absolute atomic E-state index is 0.0565. The van der Waals surface area contributed by atoms with E-state index in [4.69, 9.17) is 24.4 Å². The van der Waals surface area contributed by atoms with Gasteiger partial charge in [-0.3, -0.25) is 9.59 Å². The number of carbonyl (C=O) groups is 1. The summed E-state index contributed by atoms with van der Waals surface area (Å²) in [7, 11) is 0. The molecule has 6 heterocycles. The van der Waals surface area contributed by atoms with Crippen LogP contribution < -0.4 is 32.0 Å². The predicted octanol–water partition coefficient (Wildman–Crippen LogP) is 3.41. The first-order valence-corrected chi connectivity index (χ1v) is 14.3. The molecule has 2 atom stereocenters. The third-order valence-electron chi connectivity index (χ3n) is 7.70. The molecule has 1 saturated carbocycles. The van der Waals surface area contributed by atoms with Crippen LogP contribution in [0.5, 0.6) is 0 Å². The van der Waals surface area contributed by atoms with Crippen molar-refractivity contribution in [3.05, 3.63) is 45.8 Å². The van der Waals surface area contributed by atoms with Crippen molar-refractivity contribution in [1.82, 2.24) is 15.5 Å². The molecule has 0 unspecified atom stereocenters. The van der Waals surface area contributed by atoms with Gasteiger partial charge in [0.05, 0.1) is 34.0 Å². The number of nitrogens with zero attached hydrogens (tertiary/aromatic N) is 3. The summed E-state index contributed by atoms with van der Waals surface area (Å²) in [5, 5.41) is 14.6. The Morgan fingerprint density at radius 2 is 1.98 bits per heavy atom. The maximum Gasteiger partial charge on any atom is 0.255 e. The van der Waals surface area contributed by atoms with Crippen molar-refractivity contribution >= 4 is 50.0 Å². The fourth-order valence-electron chi connectivity index (χ4n) is 5.57. The Bertz CT molecular complexity index is 1640. The van der Waals surface area contributed by atoms with Gasteiger partial charge >= 0.3 is 0 Å². The molecule has 40 heavy (non-hydrogen) atoms. The maximum absolute atomic E-state index is 12.8. The highest BCUT2D eigenvalue weighted by Gasteiger charge is 2.28. The van der Waals surface area contributed by atoms with Crippen molar-refractivity contribution in [2.24, 2.45) is 5.73 Å². The topological polar surface area (TPSA) is 161 Å². The molecule has 3 aliphatic rings. The van der Waals surface area contributed by atoms with Crippen LogP contribution in [0.4, 0.5) is 22.5 Å². The van der Waals surface area contributed by atoms with Gasteiger partial charge in [-0.15, -0.1) is 11.3 Å². The number of hydrogen-bond donors (Lipinski definition) is 4. The first kappa shape index (κ1) is 25.1. The fraction of sp³-hybridized carbons (Fsp3) is 0.407. The fourth-order valence-corrected chi connectivity index (χ4v) is 6.76. The van der Waals surface area contributed by atoms with Crippen molar-refractivity contribution in [2.45, 2.75) is 44.3 Å². The molecule has 1 saturated heterocycles. The Morgan fingerprint density at radius 1 is 1.12 bits per heavy atom. The summed E-state index contributed by atoms with van der Waals surface area (Å²) in [6, 6.07) is 5.40. The molecule has 0 bridgehead atoms. The van der Waals surface area contributed by atoms with Crippen LogP contribution >= 0.6 is 11.3 Å². The van der Waals surface area contributed by atoms with E-state index in [9.17, 15) is 9.59 Å². The average molecular weight is 564 g/mol. The number of amides is 1. The Balaban J connectivity index is 1.19. The second kappa shape index (κ2) is 10.2. The number of aromatic nitrogens is 2. The van der Waals surface area contributed by atoms with Crippen LogP contribution in [0.1, 0.15) is 41.6 Å². The van der Waals surface area contributed by atoms with Gasteiger partial charge in [0.2, 0.25) is 11.3 Å². The molecule has 1 aliphatic carbocycles. The van der Waals surface area contributed by atoms with Crippen molar-refractivity contribution in [3.8, 4) is 11.3 Å². The lowest BCUT2D eigenvalue weighted by Crippen LogP contribution is -2.42. The average Bonchev–Trinajstić information content (AvgIpc) is 3.69.